The molecular formula is C14H13IN2O7. The summed E-state index contributed by atoms with van der Waals surface area (Å²) in [6, 6.07) is 4.42. The van der Waals surface area contributed by atoms with Crippen molar-refractivity contribution < 1.29 is 28.7 Å². The second kappa shape index (κ2) is 7.57. The van der Waals surface area contributed by atoms with Crippen molar-refractivity contribution >= 4 is 45.9 Å². The van der Waals surface area contributed by atoms with Gasteiger partial charge in [-0.2, -0.15) is 0 Å². The molecular weight excluding hydrogens is 435 g/mol. The molecule has 2 rings (SSSR count). The summed E-state index contributed by atoms with van der Waals surface area (Å²) in [7, 11) is 2.35. The summed E-state index contributed by atoms with van der Waals surface area (Å²) in [5.74, 6) is -1.50. The molecule has 1 aliphatic rings. The van der Waals surface area contributed by atoms with Crippen molar-refractivity contribution in [1.29, 1.82) is 0 Å². The van der Waals surface area contributed by atoms with Crippen LogP contribution in [0.1, 0.15) is 0 Å². The molecule has 0 saturated heterocycles. The molecule has 1 aromatic rings. The van der Waals surface area contributed by atoms with E-state index in [0.29, 0.717) is 9.26 Å². The Morgan fingerprint density at radius 1 is 1.29 bits per heavy atom. The Morgan fingerprint density at radius 2 is 1.96 bits per heavy atom. The molecule has 0 aliphatic carbocycles. The van der Waals surface area contributed by atoms with Gasteiger partial charge in [0.05, 0.1) is 40.6 Å². The number of nitro groups is 1. The molecule has 0 atom stereocenters. The molecule has 0 aromatic heterocycles. The van der Waals surface area contributed by atoms with Gasteiger partial charge in [0.1, 0.15) is 12.4 Å². The number of anilines is 1. The molecule has 0 bridgehead atoms. The van der Waals surface area contributed by atoms with E-state index in [2.05, 4.69) is 4.74 Å². The van der Waals surface area contributed by atoms with Crippen LogP contribution in [0.3, 0.4) is 0 Å². The van der Waals surface area contributed by atoms with E-state index >= 15 is 0 Å². The quantitative estimate of drug-likeness (QED) is 0.296. The highest BCUT2D eigenvalue weighted by Crippen LogP contribution is 2.31. The summed E-state index contributed by atoms with van der Waals surface area (Å²) < 4.78 is 15.1. The second-order valence-electron chi connectivity index (χ2n) is 4.61. The molecule has 0 saturated carbocycles. The van der Waals surface area contributed by atoms with Crippen LogP contribution in [0, 0.1) is 13.7 Å². The van der Waals surface area contributed by atoms with E-state index in [-0.39, 0.29) is 30.3 Å². The van der Waals surface area contributed by atoms with Gasteiger partial charge < -0.3 is 19.1 Å². The van der Waals surface area contributed by atoms with Gasteiger partial charge in [-0.05, 0) is 34.7 Å². The number of carbonyl (C=O) groups is 2. The fourth-order valence-corrected chi connectivity index (χ4v) is 2.69. The number of nitrogens with zero attached hydrogens (tertiary/aromatic N) is 2. The SMILES string of the molecule is COC(=O)C1=C(C(=O)OC)N(c2ccc(I)c([N+](=O)[O-])c2)COC1. The summed E-state index contributed by atoms with van der Waals surface area (Å²) in [5, 5.41) is 11.1. The zero-order valence-corrected chi connectivity index (χ0v) is 14.9. The molecule has 1 heterocycles. The first-order valence-electron chi connectivity index (χ1n) is 6.59. The highest BCUT2D eigenvalue weighted by atomic mass is 127. The predicted octanol–water partition coefficient (Wildman–Crippen LogP) is 1.59. The Hall–Kier alpha value is -2.21. The van der Waals surface area contributed by atoms with Crippen molar-refractivity contribution in [1.82, 2.24) is 0 Å². The fourth-order valence-electron chi connectivity index (χ4n) is 2.16. The highest BCUT2D eigenvalue weighted by molar-refractivity contribution is 14.1. The Kier molecular flexibility index (Phi) is 5.72. The van der Waals surface area contributed by atoms with Crippen LogP contribution in [0.25, 0.3) is 0 Å². The third-order valence-electron chi connectivity index (χ3n) is 3.27. The van der Waals surface area contributed by atoms with Gasteiger partial charge in [0.25, 0.3) is 5.69 Å². The van der Waals surface area contributed by atoms with Gasteiger partial charge in [-0.1, -0.05) is 0 Å². The molecule has 10 heteroatoms. The molecule has 1 aromatic carbocycles. The van der Waals surface area contributed by atoms with Crippen molar-refractivity contribution in [3.05, 3.63) is 43.2 Å². The van der Waals surface area contributed by atoms with E-state index in [1.165, 1.54) is 31.3 Å². The zero-order valence-electron chi connectivity index (χ0n) is 12.8. The number of halogens is 1. The van der Waals surface area contributed by atoms with Crippen LogP contribution in [0.4, 0.5) is 11.4 Å². The fraction of sp³-hybridized carbons (Fsp3) is 0.286. The van der Waals surface area contributed by atoms with Gasteiger partial charge in [-0.3, -0.25) is 10.1 Å². The van der Waals surface area contributed by atoms with Crippen LogP contribution in [-0.2, 0) is 23.8 Å². The molecule has 0 radical (unpaired) electrons. The number of carbonyl (C=O) groups excluding carboxylic acids is 2. The molecule has 0 spiro atoms. The van der Waals surface area contributed by atoms with Gasteiger partial charge in [0.15, 0.2) is 0 Å². The molecule has 0 N–H and O–H groups in total. The van der Waals surface area contributed by atoms with Crippen LogP contribution in [0.15, 0.2) is 29.5 Å². The van der Waals surface area contributed by atoms with Crippen molar-refractivity contribution in [2.75, 3.05) is 32.5 Å². The van der Waals surface area contributed by atoms with Crippen molar-refractivity contribution in [3.8, 4) is 0 Å². The first-order valence-corrected chi connectivity index (χ1v) is 7.67. The lowest BCUT2D eigenvalue weighted by atomic mass is 10.1. The minimum atomic E-state index is -0.764. The third-order valence-corrected chi connectivity index (χ3v) is 4.18. The topological polar surface area (TPSA) is 108 Å². The van der Waals surface area contributed by atoms with Gasteiger partial charge in [0.2, 0.25) is 0 Å². The number of benzene rings is 1. The zero-order chi connectivity index (χ0) is 17.9. The van der Waals surface area contributed by atoms with E-state index in [4.69, 9.17) is 9.47 Å². The minimum Gasteiger partial charge on any atom is -0.466 e. The largest absolute Gasteiger partial charge is 0.466 e. The van der Waals surface area contributed by atoms with Crippen molar-refractivity contribution in [2.24, 2.45) is 0 Å². The molecule has 0 unspecified atom stereocenters. The van der Waals surface area contributed by atoms with E-state index in [9.17, 15) is 19.7 Å². The van der Waals surface area contributed by atoms with Crippen LogP contribution in [-0.4, -0.2) is 44.4 Å². The Morgan fingerprint density at radius 3 is 2.54 bits per heavy atom. The number of methoxy groups -OCH3 is 2. The lowest BCUT2D eigenvalue weighted by Gasteiger charge is -2.31. The molecule has 1 aliphatic heterocycles. The van der Waals surface area contributed by atoms with Gasteiger partial charge >= 0.3 is 11.9 Å². The number of hydrogen-bond donors (Lipinski definition) is 0. The predicted molar refractivity (Wildman–Crippen MR) is 90.2 cm³/mol. The third kappa shape index (κ3) is 3.48. The summed E-state index contributed by atoms with van der Waals surface area (Å²) in [5.41, 5.74) is 0.119. The normalized spacial score (nSPS) is 14.4. The summed E-state index contributed by atoms with van der Waals surface area (Å²) in [4.78, 5) is 36.0. The molecule has 0 amide bonds. The number of nitro benzene ring substituents is 1. The Balaban J connectivity index is 2.59. The lowest BCUT2D eigenvalue weighted by molar-refractivity contribution is -0.385. The first kappa shape index (κ1) is 18.1. The number of rotatable bonds is 4. The van der Waals surface area contributed by atoms with Gasteiger partial charge in [-0.15, -0.1) is 0 Å². The van der Waals surface area contributed by atoms with E-state index in [1.807, 2.05) is 22.6 Å². The monoisotopic (exact) mass is 448 g/mol. The van der Waals surface area contributed by atoms with Crippen LogP contribution in [0.2, 0.25) is 0 Å². The Labute approximate surface area is 150 Å². The maximum Gasteiger partial charge on any atom is 0.355 e. The van der Waals surface area contributed by atoms with Crippen LogP contribution < -0.4 is 4.90 Å². The van der Waals surface area contributed by atoms with E-state index in [1.54, 1.807) is 6.07 Å². The average molecular weight is 448 g/mol. The van der Waals surface area contributed by atoms with Gasteiger partial charge in [0, 0.05) is 6.07 Å². The van der Waals surface area contributed by atoms with Crippen LogP contribution in [0.5, 0.6) is 0 Å². The highest BCUT2D eigenvalue weighted by Gasteiger charge is 2.33. The number of hydrogen-bond acceptors (Lipinski definition) is 8. The van der Waals surface area contributed by atoms with Gasteiger partial charge in [-0.25, -0.2) is 9.59 Å². The minimum absolute atomic E-state index is 0.0168. The van der Waals surface area contributed by atoms with E-state index < -0.39 is 16.9 Å². The molecule has 9 nitrogen and oxygen atoms in total. The van der Waals surface area contributed by atoms with E-state index in [0.717, 1.165) is 0 Å². The molecule has 128 valence electrons. The summed E-state index contributed by atoms with van der Waals surface area (Å²) in [6.07, 6.45) is 0. The van der Waals surface area contributed by atoms with Crippen LogP contribution >= 0.6 is 22.6 Å². The average Bonchev–Trinajstić information content (AvgIpc) is 2.59. The Bertz CT molecular complexity index is 732. The van der Waals surface area contributed by atoms with Crippen molar-refractivity contribution in [2.45, 2.75) is 0 Å². The number of ether oxygens (including phenoxy) is 3. The van der Waals surface area contributed by atoms with Crippen molar-refractivity contribution in [3.63, 3.8) is 0 Å². The maximum absolute atomic E-state index is 12.1. The summed E-state index contributed by atoms with van der Waals surface area (Å²) in [6.45, 7) is -0.192. The maximum atomic E-state index is 12.1. The molecule has 24 heavy (non-hydrogen) atoms. The molecule has 0 fully saturated rings. The summed E-state index contributed by atoms with van der Waals surface area (Å²) >= 11 is 1.84. The second-order valence-corrected chi connectivity index (χ2v) is 5.77. The number of esters is 2. The standard InChI is InChI=1S/C14H13IN2O7/c1-22-13(18)9-6-24-7-16(12(9)14(19)23-2)8-3-4-10(15)11(5-8)17(20)21/h3-5H,6-7H2,1-2H3. The first-order chi connectivity index (χ1) is 11.4. The lowest BCUT2D eigenvalue weighted by Crippen LogP contribution is -2.38. The smallest absolute Gasteiger partial charge is 0.355 e.